The molecule has 0 aromatic carbocycles. The average Bonchev–Trinajstić information content (AvgIpc) is 2.20. The lowest BCUT2D eigenvalue weighted by molar-refractivity contribution is 0.672. The lowest BCUT2D eigenvalue weighted by Gasteiger charge is -2.16. The van der Waals surface area contributed by atoms with E-state index in [4.69, 9.17) is 0 Å². The number of hydrogen-bond acceptors (Lipinski definition) is 3. The van der Waals surface area contributed by atoms with Crippen LogP contribution in [0.3, 0.4) is 0 Å². The molecule has 3 heteroatoms. The van der Waals surface area contributed by atoms with Crippen LogP contribution in [0.2, 0.25) is 0 Å². The van der Waals surface area contributed by atoms with Gasteiger partial charge in [-0.1, -0.05) is 19.8 Å². The maximum Gasteiger partial charge on any atom is 0.132 e. The van der Waals surface area contributed by atoms with Crippen molar-refractivity contribution in [3.8, 4) is 0 Å². The topological polar surface area (TPSA) is 37.8 Å². The monoisotopic (exact) mass is 205 g/mol. The van der Waals surface area contributed by atoms with Gasteiger partial charge in [0.25, 0.3) is 0 Å². The molecule has 1 aromatic rings. The molecule has 1 aliphatic rings. The van der Waals surface area contributed by atoms with Crippen LogP contribution in [0.25, 0.3) is 0 Å². The van der Waals surface area contributed by atoms with Gasteiger partial charge in [-0.2, -0.15) is 0 Å². The predicted octanol–water partition coefficient (Wildman–Crippen LogP) is 2.57. The summed E-state index contributed by atoms with van der Waals surface area (Å²) in [4.78, 5) is 8.74. The lowest BCUT2D eigenvalue weighted by Crippen LogP contribution is -2.12. The molecule has 0 radical (unpaired) electrons. The molecule has 2 heterocycles. The quantitative estimate of drug-likeness (QED) is 0.806. The van der Waals surface area contributed by atoms with Gasteiger partial charge >= 0.3 is 0 Å². The van der Waals surface area contributed by atoms with E-state index in [9.17, 15) is 0 Å². The van der Waals surface area contributed by atoms with Crippen LogP contribution in [-0.4, -0.2) is 16.5 Å². The van der Waals surface area contributed by atoms with Crippen molar-refractivity contribution in [2.45, 2.75) is 45.4 Å². The number of hydrogen-bond donors (Lipinski definition) is 1. The Hall–Kier alpha value is -1.12. The summed E-state index contributed by atoms with van der Waals surface area (Å²) in [5.74, 6) is 1.08. The highest BCUT2D eigenvalue weighted by atomic mass is 15.0. The molecule has 0 atom stereocenters. The van der Waals surface area contributed by atoms with Gasteiger partial charge in [-0.05, 0) is 25.7 Å². The fraction of sp³-hybridized carbons (Fsp3) is 0.667. The summed E-state index contributed by atoms with van der Waals surface area (Å²) in [6.07, 6.45) is 8.91. The average molecular weight is 205 g/mol. The summed E-state index contributed by atoms with van der Waals surface area (Å²) in [5, 5.41) is 3.41. The molecule has 0 aliphatic carbocycles. The molecule has 0 fully saturated rings. The van der Waals surface area contributed by atoms with E-state index in [-0.39, 0.29) is 0 Å². The molecule has 0 spiro atoms. The van der Waals surface area contributed by atoms with Crippen LogP contribution in [0.4, 0.5) is 5.82 Å². The van der Waals surface area contributed by atoms with Crippen molar-refractivity contribution in [1.29, 1.82) is 0 Å². The third-order valence-electron chi connectivity index (χ3n) is 2.92. The second-order valence-corrected chi connectivity index (χ2v) is 4.13. The Morgan fingerprint density at radius 3 is 3.07 bits per heavy atom. The molecule has 1 aliphatic heterocycles. The van der Waals surface area contributed by atoms with Gasteiger partial charge in [0.2, 0.25) is 0 Å². The van der Waals surface area contributed by atoms with Gasteiger partial charge in [0.15, 0.2) is 0 Å². The van der Waals surface area contributed by atoms with Crippen molar-refractivity contribution in [2.75, 3.05) is 11.9 Å². The summed E-state index contributed by atoms with van der Waals surface area (Å²) in [6.45, 7) is 3.25. The first-order valence-electron chi connectivity index (χ1n) is 5.98. The number of rotatable bonds is 2. The fourth-order valence-electron chi connectivity index (χ4n) is 2.13. The van der Waals surface area contributed by atoms with Crippen LogP contribution >= 0.6 is 0 Å². The maximum absolute atomic E-state index is 4.40. The van der Waals surface area contributed by atoms with E-state index < -0.39 is 0 Å². The molecule has 0 bridgehead atoms. The number of nitrogens with one attached hydrogen (secondary N) is 1. The van der Waals surface area contributed by atoms with Crippen LogP contribution < -0.4 is 5.32 Å². The normalized spacial score (nSPS) is 16.1. The first-order valence-corrected chi connectivity index (χ1v) is 5.98. The number of nitrogens with zero attached hydrogens (tertiary/aromatic N) is 2. The third-order valence-corrected chi connectivity index (χ3v) is 2.92. The number of aryl methyl sites for hydroxylation is 1. The zero-order chi connectivity index (χ0) is 10.5. The smallest absolute Gasteiger partial charge is 0.132 e. The molecule has 1 aromatic heterocycles. The van der Waals surface area contributed by atoms with Gasteiger partial charge in [0, 0.05) is 17.8 Å². The molecule has 0 amide bonds. The Labute approximate surface area is 91.3 Å². The van der Waals surface area contributed by atoms with Crippen LogP contribution in [0.1, 0.15) is 43.9 Å². The van der Waals surface area contributed by atoms with Crippen LogP contribution in [0.5, 0.6) is 0 Å². The van der Waals surface area contributed by atoms with Gasteiger partial charge in [0.05, 0.1) is 0 Å². The molecule has 0 saturated heterocycles. The van der Waals surface area contributed by atoms with Crippen LogP contribution in [0.15, 0.2) is 6.33 Å². The minimum Gasteiger partial charge on any atom is -0.370 e. The minimum absolute atomic E-state index is 1.05. The zero-order valence-electron chi connectivity index (χ0n) is 9.42. The Balaban J connectivity index is 2.28. The minimum atomic E-state index is 1.05. The van der Waals surface area contributed by atoms with Gasteiger partial charge < -0.3 is 5.32 Å². The van der Waals surface area contributed by atoms with Crippen molar-refractivity contribution in [2.24, 2.45) is 0 Å². The number of fused-ring (bicyclic) bond motifs is 1. The first kappa shape index (κ1) is 10.4. The SMILES string of the molecule is CCCc1ncnc2c1CCCCCN2. The highest BCUT2D eigenvalue weighted by Gasteiger charge is 2.12. The third kappa shape index (κ3) is 2.46. The van der Waals surface area contributed by atoms with Gasteiger partial charge in [0.1, 0.15) is 12.1 Å². The first-order chi connectivity index (χ1) is 7.42. The lowest BCUT2D eigenvalue weighted by atomic mass is 10.0. The van der Waals surface area contributed by atoms with Crippen molar-refractivity contribution >= 4 is 5.82 Å². The maximum atomic E-state index is 4.40. The van der Waals surface area contributed by atoms with Crippen LogP contribution in [-0.2, 0) is 12.8 Å². The van der Waals surface area contributed by atoms with Crippen molar-refractivity contribution < 1.29 is 0 Å². The number of anilines is 1. The molecule has 2 rings (SSSR count). The van der Waals surface area contributed by atoms with E-state index in [0.717, 1.165) is 31.6 Å². The van der Waals surface area contributed by atoms with Crippen molar-refractivity contribution in [3.63, 3.8) is 0 Å². The molecular formula is C12H19N3. The van der Waals surface area contributed by atoms with Gasteiger partial charge in [-0.15, -0.1) is 0 Å². The van der Waals surface area contributed by atoms with Crippen molar-refractivity contribution in [1.82, 2.24) is 9.97 Å². The summed E-state index contributed by atoms with van der Waals surface area (Å²) < 4.78 is 0. The molecule has 3 nitrogen and oxygen atoms in total. The number of aromatic nitrogens is 2. The summed E-state index contributed by atoms with van der Waals surface area (Å²) >= 11 is 0. The summed E-state index contributed by atoms with van der Waals surface area (Å²) in [6, 6.07) is 0. The molecule has 0 unspecified atom stereocenters. The van der Waals surface area contributed by atoms with E-state index >= 15 is 0 Å². The zero-order valence-corrected chi connectivity index (χ0v) is 9.42. The Morgan fingerprint density at radius 2 is 2.20 bits per heavy atom. The summed E-state index contributed by atoms with van der Waals surface area (Å²) in [5.41, 5.74) is 2.61. The molecular weight excluding hydrogens is 186 g/mol. The van der Waals surface area contributed by atoms with Crippen LogP contribution in [0, 0.1) is 0 Å². The molecule has 15 heavy (non-hydrogen) atoms. The molecule has 1 N–H and O–H groups in total. The van der Waals surface area contributed by atoms with E-state index in [2.05, 4.69) is 22.2 Å². The predicted molar refractivity (Wildman–Crippen MR) is 62.1 cm³/mol. The van der Waals surface area contributed by atoms with E-state index in [1.807, 2.05) is 0 Å². The Kier molecular flexibility index (Phi) is 3.54. The molecule has 0 saturated carbocycles. The standard InChI is InChI=1S/C12H19N3/c1-2-6-11-10-7-4-3-5-8-13-12(10)15-9-14-11/h9H,2-8H2,1H3,(H,13,14,15). The van der Waals surface area contributed by atoms with E-state index in [1.165, 1.54) is 30.5 Å². The van der Waals surface area contributed by atoms with Gasteiger partial charge in [-0.3, -0.25) is 0 Å². The second-order valence-electron chi connectivity index (χ2n) is 4.13. The van der Waals surface area contributed by atoms with E-state index in [1.54, 1.807) is 6.33 Å². The van der Waals surface area contributed by atoms with Crippen molar-refractivity contribution in [3.05, 3.63) is 17.6 Å². The Bertz CT molecular complexity index is 308. The molecule has 82 valence electrons. The fourth-order valence-corrected chi connectivity index (χ4v) is 2.13. The van der Waals surface area contributed by atoms with Gasteiger partial charge in [-0.25, -0.2) is 9.97 Å². The highest BCUT2D eigenvalue weighted by Crippen LogP contribution is 2.21. The highest BCUT2D eigenvalue weighted by molar-refractivity contribution is 5.46. The largest absolute Gasteiger partial charge is 0.370 e. The second kappa shape index (κ2) is 5.10. The Morgan fingerprint density at radius 1 is 1.27 bits per heavy atom. The summed E-state index contributed by atoms with van der Waals surface area (Å²) in [7, 11) is 0. The van der Waals surface area contributed by atoms with E-state index in [0.29, 0.717) is 0 Å².